The van der Waals surface area contributed by atoms with Gasteiger partial charge in [0.05, 0.1) is 17.0 Å². The number of ketones is 1. The van der Waals surface area contributed by atoms with Gasteiger partial charge in [-0.2, -0.15) is 0 Å². The number of carbonyl (C=O) groups is 3. The molecular weight excluding hydrogens is 374 g/mol. The minimum atomic E-state index is -0.487. The first kappa shape index (κ1) is 20.3. The van der Waals surface area contributed by atoms with E-state index in [1.165, 1.54) is 55.9 Å². The van der Waals surface area contributed by atoms with Gasteiger partial charge in [-0.3, -0.25) is 9.59 Å². The van der Waals surface area contributed by atoms with Gasteiger partial charge >= 0.3 is 5.97 Å². The van der Waals surface area contributed by atoms with E-state index in [-0.39, 0.29) is 18.3 Å². The number of amides is 1. The minimum Gasteiger partial charge on any atom is -0.454 e. The van der Waals surface area contributed by atoms with Crippen LogP contribution >= 0.6 is 11.3 Å². The molecule has 0 aliphatic heterocycles. The second kappa shape index (κ2) is 9.64. The lowest BCUT2D eigenvalue weighted by Gasteiger charge is -2.21. The van der Waals surface area contributed by atoms with Gasteiger partial charge in [-0.05, 0) is 48.6 Å². The van der Waals surface area contributed by atoms with Crippen LogP contribution in [0, 0.1) is 0 Å². The van der Waals surface area contributed by atoms with Gasteiger partial charge in [-0.25, -0.2) is 4.79 Å². The molecular formula is C22H25NO4S. The number of hydrogen-bond donors (Lipinski definition) is 1. The fourth-order valence-corrected chi connectivity index (χ4v) is 4.32. The molecule has 1 aromatic heterocycles. The molecule has 1 aliphatic rings. The summed E-state index contributed by atoms with van der Waals surface area (Å²) in [6, 6.07) is 11.1. The third-order valence-electron chi connectivity index (χ3n) is 5.01. The molecule has 1 amide bonds. The summed E-state index contributed by atoms with van der Waals surface area (Å²) in [5.74, 6) is -0.263. The van der Waals surface area contributed by atoms with Crippen molar-refractivity contribution in [2.75, 3.05) is 6.61 Å². The molecule has 0 bridgehead atoms. The van der Waals surface area contributed by atoms with Crippen molar-refractivity contribution in [3.05, 3.63) is 57.3 Å². The van der Waals surface area contributed by atoms with E-state index in [1.54, 1.807) is 24.3 Å². The summed E-state index contributed by atoms with van der Waals surface area (Å²) in [5.41, 5.74) is 1.74. The van der Waals surface area contributed by atoms with E-state index >= 15 is 0 Å². The number of esters is 1. The Kier molecular flexibility index (Phi) is 6.98. The van der Waals surface area contributed by atoms with Crippen molar-refractivity contribution >= 4 is 29.0 Å². The van der Waals surface area contributed by atoms with E-state index in [0.29, 0.717) is 22.9 Å². The van der Waals surface area contributed by atoms with E-state index in [0.717, 1.165) is 4.88 Å². The highest BCUT2D eigenvalue weighted by molar-refractivity contribution is 7.14. The van der Waals surface area contributed by atoms with Gasteiger partial charge in [0, 0.05) is 11.8 Å². The standard InChI is InChI=1S/C22H25NO4S/c1-15(24)23-13-19-11-12-21(28-19)20(25)14-27-22(26)18-9-7-17(8-10-18)16-5-3-2-4-6-16/h7-12,16H,2-6,13-14H2,1H3,(H,23,24). The molecule has 3 rings (SSSR count). The Bertz CT molecular complexity index is 834. The Morgan fingerprint density at radius 3 is 2.43 bits per heavy atom. The summed E-state index contributed by atoms with van der Waals surface area (Å²) in [6.07, 6.45) is 6.28. The lowest BCUT2D eigenvalue weighted by molar-refractivity contribution is -0.119. The molecule has 0 spiro atoms. The molecule has 6 heteroatoms. The summed E-state index contributed by atoms with van der Waals surface area (Å²) < 4.78 is 5.19. The Hall–Kier alpha value is -2.47. The zero-order valence-electron chi connectivity index (χ0n) is 16.0. The summed E-state index contributed by atoms with van der Waals surface area (Å²) >= 11 is 1.29. The highest BCUT2D eigenvalue weighted by atomic mass is 32.1. The van der Waals surface area contributed by atoms with Crippen molar-refractivity contribution in [2.45, 2.75) is 51.5 Å². The van der Waals surface area contributed by atoms with Crippen molar-refractivity contribution in [3.63, 3.8) is 0 Å². The van der Waals surface area contributed by atoms with Crippen LogP contribution in [0.1, 0.15) is 75.4 Å². The van der Waals surface area contributed by atoms with E-state index in [9.17, 15) is 14.4 Å². The lowest BCUT2D eigenvalue weighted by Crippen LogP contribution is -2.18. The van der Waals surface area contributed by atoms with E-state index in [1.807, 2.05) is 12.1 Å². The average molecular weight is 400 g/mol. The van der Waals surface area contributed by atoms with Gasteiger partial charge in [-0.1, -0.05) is 31.4 Å². The molecule has 1 heterocycles. The fraction of sp³-hybridized carbons (Fsp3) is 0.409. The smallest absolute Gasteiger partial charge is 0.338 e. The molecule has 28 heavy (non-hydrogen) atoms. The number of carbonyl (C=O) groups excluding carboxylic acids is 3. The Balaban J connectivity index is 1.50. The first-order valence-corrected chi connectivity index (χ1v) is 10.5. The van der Waals surface area contributed by atoms with Crippen LogP contribution in [-0.2, 0) is 16.1 Å². The fourth-order valence-electron chi connectivity index (χ4n) is 3.45. The summed E-state index contributed by atoms with van der Waals surface area (Å²) in [7, 11) is 0. The molecule has 1 aliphatic carbocycles. The maximum Gasteiger partial charge on any atom is 0.338 e. The number of nitrogens with one attached hydrogen (secondary N) is 1. The van der Waals surface area contributed by atoms with Gasteiger partial charge in [0.25, 0.3) is 0 Å². The number of Topliss-reactive ketones (excluding diaryl/α,β-unsaturated/α-hetero) is 1. The van der Waals surface area contributed by atoms with E-state index in [4.69, 9.17) is 4.74 Å². The monoisotopic (exact) mass is 399 g/mol. The summed E-state index contributed by atoms with van der Waals surface area (Å²) in [5, 5.41) is 2.69. The number of hydrogen-bond acceptors (Lipinski definition) is 5. The molecule has 0 saturated heterocycles. The highest BCUT2D eigenvalue weighted by Gasteiger charge is 2.17. The SMILES string of the molecule is CC(=O)NCc1ccc(C(=O)COC(=O)c2ccc(C3CCCCC3)cc2)s1. The third kappa shape index (κ3) is 5.52. The maximum absolute atomic E-state index is 12.2. The molecule has 5 nitrogen and oxygen atoms in total. The molecule has 1 aromatic carbocycles. The number of rotatable bonds is 7. The highest BCUT2D eigenvalue weighted by Crippen LogP contribution is 2.32. The van der Waals surface area contributed by atoms with Gasteiger partial charge in [0.2, 0.25) is 11.7 Å². The lowest BCUT2D eigenvalue weighted by atomic mass is 9.84. The predicted octanol–water partition coefficient (Wildman–Crippen LogP) is 4.47. The van der Waals surface area contributed by atoms with Crippen LogP contribution in [0.25, 0.3) is 0 Å². The van der Waals surface area contributed by atoms with E-state index < -0.39 is 5.97 Å². The molecule has 1 fully saturated rings. The normalized spacial score (nSPS) is 14.5. The van der Waals surface area contributed by atoms with Crippen LogP contribution in [0.3, 0.4) is 0 Å². The van der Waals surface area contributed by atoms with E-state index in [2.05, 4.69) is 5.32 Å². The number of thiophene rings is 1. The number of benzene rings is 1. The molecule has 148 valence electrons. The Morgan fingerprint density at radius 1 is 1.04 bits per heavy atom. The molecule has 1 saturated carbocycles. The quantitative estimate of drug-likeness (QED) is 0.551. The first-order valence-electron chi connectivity index (χ1n) is 9.66. The van der Waals surface area contributed by atoms with Crippen LogP contribution in [0.15, 0.2) is 36.4 Å². The zero-order valence-corrected chi connectivity index (χ0v) is 16.8. The van der Waals surface area contributed by atoms with Gasteiger partial charge < -0.3 is 10.1 Å². The van der Waals surface area contributed by atoms with Crippen molar-refractivity contribution in [2.24, 2.45) is 0 Å². The van der Waals surface area contributed by atoms with Crippen molar-refractivity contribution in [1.82, 2.24) is 5.32 Å². The Morgan fingerprint density at radius 2 is 1.75 bits per heavy atom. The maximum atomic E-state index is 12.2. The predicted molar refractivity (Wildman–Crippen MR) is 109 cm³/mol. The summed E-state index contributed by atoms with van der Waals surface area (Å²) in [4.78, 5) is 36.8. The van der Waals surface area contributed by atoms with Gasteiger partial charge in [-0.15, -0.1) is 11.3 Å². The van der Waals surface area contributed by atoms with Crippen molar-refractivity contribution < 1.29 is 19.1 Å². The zero-order chi connectivity index (χ0) is 19.9. The third-order valence-corrected chi connectivity index (χ3v) is 6.13. The van der Waals surface area contributed by atoms with Crippen LogP contribution in [0.2, 0.25) is 0 Å². The second-order valence-electron chi connectivity index (χ2n) is 7.13. The molecule has 0 atom stereocenters. The molecule has 1 N–H and O–H groups in total. The molecule has 2 aromatic rings. The van der Waals surface area contributed by atoms with Crippen LogP contribution in [-0.4, -0.2) is 24.3 Å². The van der Waals surface area contributed by atoms with Crippen molar-refractivity contribution in [1.29, 1.82) is 0 Å². The van der Waals surface area contributed by atoms with Crippen LogP contribution in [0.5, 0.6) is 0 Å². The second-order valence-corrected chi connectivity index (χ2v) is 8.30. The van der Waals surface area contributed by atoms with Gasteiger partial charge in [0.15, 0.2) is 6.61 Å². The van der Waals surface area contributed by atoms with Crippen LogP contribution in [0.4, 0.5) is 0 Å². The molecule has 0 radical (unpaired) electrons. The summed E-state index contributed by atoms with van der Waals surface area (Å²) in [6.45, 7) is 1.55. The van der Waals surface area contributed by atoms with Crippen molar-refractivity contribution in [3.8, 4) is 0 Å². The average Bonchev–Trinajstić information content (AvgIpc) is 3.20. The largest absolute Gasteiger partial charge is 0.454 e. The first-order chi connectivity index (χ1) is 13.5. The Labute approximate surface area is 169 Å². The topological polar surface area (TPSA) is 72.5 Å². The molecule has 0 unspecified atom stereocenters. The number of ether oxygens (including phenoxy) is 1. The minimum absolute atomic E-state index is 0.121. The van der Waals surface area contributed by atoms with Gasteiger partial charge in [0.1, 0.15) is 0 Å². The van der Waals surface area contributed by atoms with Crippen LogP contribution < -0.4 is 5.32 Å².